The summed E-state index contributed by atoms with van der Waals surface area (Å²) in [6.45, 7) is 5.64. The summed E-state index contributed by atoms with van der Waals surface area (Å²) in [6, 6.07) is 11.9. The standard InChI is InChI=1S/C45H55N7O9S/c1-27-10-14-35-29(19-27)9-8-18-45(35)25-52-21-31-11-13-32(31)38(57-5)17-16-37(61-44(55)34-23-51(4)47-43(34)59-7)28(2)24-62(56,49-41(54)33-22-50(3)46-42(33)58-6)48-40(53)30-12-15-39(60-26-45)36(52)20-30/h10,12,14-17,19-20,22-23,28,31-32,37-38H,8-9,11,13,18,21,24-26H2,1-7H3,(H,48,49,53,54,56)/b17-16+/t28-,31+,32-,37+,38+,45+,62?/m1/s1. The van der Waals surface area contributed by atoms with Crippen LogP contribution >= 0.6 is 0 Å². The summed E-state index contributed by atoms with van der Waals surface area (Å²) in [5.74, 6) is -2.41. The minimum Gasteiger partial charge on any atom is -0.490 e. The highest BCUT2D eigenvalue weighted by Gasteiger charge is 2.45. The largest absolute Gasteiger partial charge is 0.490 e. The Morgan fingerprint density at radius 1 is 0.952 bits per heavy atom. The molecule has 2 aliphatic carbocycles. The predicted molar refractivity (Wildman–Crippen MR) is 231 cm³/mol. The summed E-state index contributed by atoms with van der Waals surface area (Å²) in [5, 5.41) is 8.37. The maximum absolute atomic E-state index is 15.2. The lowest BCUT2D eigenvalue weighted by molar-refractivity contribution is 0.0109. The maximum atomic E-state index is 15.2. The molecule has 1 unspecified atom stereocenters. The van der Waals surface area contributed by atoms with E-state index in [1.165, 1.54) is 52.7 Å². The molecule has 0 radical (unpaired) electrons. The Labute approximate surface area is 362 Å². The highest BCUT2D eigenvalue weighted by molar-refractivity contribution is 7.92. The van der Waals surface area contributed by atoms with E-state index in [1.807, 2.05) is 6.08 Å². The Morgan fingerprint density at radius 2 is 1.68 bits per heavy atom. The van der Waals surface area contributed by atoms with Gasteiger partial charge < -0.3 is 28.6 Å². The van der Waals surface area contributed by atoms with E-state index in [4.69, 9.17) is 23.7 Å². The van der Waals surface area contributed by atoms with Crippen LogP contribution in [0.2, 0.25) is 0 Å². The first-order valence-electron chi connectivity index (χ1n) is 21.0. The van der Waals surface area contributed by atoms with E-state index in [2.05, 4.69) is 49.3 Å². The first-order chi connectivity index (χ1) is 29.7. The Morgan fingerprint density at radius 3 is 2.39 bits per heavy atom. The second-order valence-electron chi connectivity index (χ2n) is 17.2. The molecule has 1 fully saturated rings. The van der Waals surface area contributed by atoms with Gasteiger partial charge in [0.1, 0.15) is 32.9 Å². The van der Waals surface area contributed by atoms with Gasteiger partial charge in [-0.05, 0) is 86.3 Å². The number of anilines is 1. The zero-order valence-corrected chi connectivity index (χ0v) is 37.1. The molecule has 8 rings (SSSR count). The zero-order valence-electron chi connectivity index (χ0n) is 36.3. The number of aryl methyl sites for hydroxylation is 4. The van der Waals surface area contributed by atoms with Crippen molar-refractivity contribution in [1.29, 1.82) is 0 Å². The number of aromatic nitrogens is 4. The molecule has 4 aliphatic rings. The van der Waals surface area contributed by atoms with Crippen LogP contribution in [0.1, 0.15) is 80.4 Å². The lowest BCUT2D eigenvalue weighted by Crippen LogP contribution is -2.49. The van der Waals surface area contributed by atoms with E-state index < -0.39 is 39.7 Å². The van der Waals surface area contributed by atoms with Gasteiger partial charge in [-0.2, -0.15) is 0 Å². The van der Waals surface area contributed by atoms with Crippen LogP contribution < -0.4 is 23.8 Å². The van der Waals surface area contributed by atoms with Crippen molar-refractivity contribution in [2.75, 3.05) is 51.7 Å². The first-order valence-corrected chi connectivity index (χ1v) is 22.7. The molecule has 7 atom stereocenters. The lowest BCUT2D eigenvalue weighted by Gasteiger charge is -2.46. The van der Waals surface area contributed by atoms with Crippen LogP contribution in [-0.4, -0.2) is 101 Å². The maximum Gasteiger partial charge on any atom is 0.345 e. The quantitative estimate of drug-likeness (QED) is 0.186. The zero-order chi connectivity index (χ0) is 43.9. The van der Waals surface area contributed by atoms with Crippen molar-refractivity contribution in [1.82, 2.24) is 24.3 Å². The van der Waals surface area contributed by atoms with E-state index in [-0.39, 0.29) is 57.6 Å². The number of carbonyl (C=O) groups excluding carboxylic acids is 3. The Bertz CT molecular complexity index is 2540. The van der Waals surface area contributed by atoms with Gasteiger partial charge in [-0.1, -0.05) is 36.8 Å². The molecule has 4 heterocycles. The predicted octanol–water partition coefficient (Wildman–Crippen LogP) is 5.38. The van der Waals surface area contributed by atoms with Gasteiger partial charge in [0.2, 0.25) is 11.8 Å². The number of carbonyl (C=O) groups is 3. The minimum absolute atomic E-state index is 0.0000142. The fourth-order valence-corrected chi connectivity index (χ4v) is 11.4. The molecule has 16 nitrogen and oxygen atoms in total. The number of esters is 1. The molecule has 1 spiro atoms. The lowest BCUT2D eigenvalue weighted by atomic mass is 9.68. The van der Waals surface area contributed by atoms with Gasteiger partial charge in [-0.25, -0.2) is 9.00 Å². The van der Waals surface area contributed by atoms with E-state index in [9.17, 15) is 14.4 Å². The second-order valence-corrected chi connectivity index (χ2v) is 19.2. The van der Waals surface area contributed by atoms with Crippen molar-refractivity contribution in [2.45, 2.75) is 63.6 Å². The molecule has 330 valence electrons. The summed E-state index contributed by atoms with van der Waals surface area (Å²) in [7, 11) is 3.76. The summed E-state index contributed by atoms with van der Waals surface area (Å²) >= 11 is 0. The van der Waals surface area contributed by atoms with Crippen LogP contribution in [0.25, 0.3) is 0 Å². The van der Waals surface area contributed by atoms with Crippen LogP contribution in [0.15, 0.2) is 65.3 Å². The van der Waals surface area contributed by atoms with Gasteiger partial charge >= 0.3 is 5.97 Å². The third-order valence-electron chi connectivity index (χ3n) is 12.8. The average Bonchev–Trinajstić information content (AvgIpc) is 3.78. The molecule has 17 heteroatoms. The number of methoxy groups -OCH3 is 3. The summed E-state index contributed by atoms with van der Waals surface area (Å²) in [4.78, 5) is 44.5. The first kappa shape index (κ1) is 43.0. The number of benzene rings is 2. The topological polar surface area (TPSA) is 178 Å². The highest BCUT2D eigenvalue weighted by atomic mass is 32.2. The van der Waals surface area contributed by atoms with Gasteiger partial charge in [-0.15, -0.1) is 14.6 Å². The summed E-state index contributed by atoms with van der Waals surface area (Å²) in [5.41, 5.74) is 4.59. The highest BCUT2D eigenvalue weighted by Crippen LogP contribution is 2.47. The van der Waals surface area contributed by atoms with Crippen molar-refractivity contribution >= 4 is 33.4 Å². The molecule has 1 saturated carbocycles. The molecule has 0 saturated heterocycles. The van der Waals surface area contributed by atoms with Crippen molar-refractivity contribution in [3.05, 3.63) is 94.3 Å². The van der Waals surface area contributed by atoms with Crippen molar-refractivity contribution in [3.8, 4) is 17.5 Å². The van der Waals surface area contributed by atoms with E-state index in [1.54, 1.807) is 52.4 Å². The van der Waals surface area contributed by atoms with Crippen molar-refractivity contribution < 1.29 is 42.3 Å². The molecular formula is C45H55N7O9S. The Hall–Kier alpha value is -5.68. The van der Waals surface area contributed by atoms with Gasteiger partial charge in [0.15, 0.2) is 0 Å². The fraction of sp³-hybridized carbons (Fsp3) is 0.489. The minimum atomic E-state index is -3.96. The van der Waals surface area contributed by atoms with E-state index in [0.29, 0.717) is 25.4 Å². The van der Waals surface area contributed by atoms with E-state index in [0.717, 1.165) is 37.8 Å². The number of rotatable bonds is 7. The number of nitrogens with one attached hydrogen (secondary N) is 1. The Kier molecular flexibility index (Phi) is 11.9. The number of fused-ring (bicyclic) bond motifs is 4. The van der Waals surface area contributed by atoms with Gasteiger partial charge in [-0.3, -0.25) is 23.7 Å². The molecule has 2 aromatic carbocycles. The van der Waals surface area contributed by atoms with Crippen LogP contribution in [-0.2, 0) is 45.3 Å². The average molecular weight is 870 g/mol. The van der Waals surface area contributed by atoms with Crippen LogP contribution in [0.5, 0.6) is 17.5 Å². The molecule has 2 amide bonds. The van der Waals surface area contributed by atoms with Gasteiger partial charge in [0, 0.05) is 63.6 Å². The third kappa shape index (κ3) is 8.43. The van der Waals surface area contributed by atoms with E-state index >= 15 is 4.21 Å². The monoisotopic (exact) mass is 869 g/mol. The SMILES string of the molecule is COc1nn(C)cc1C(=O)NS1(=O)=NC(=O)c2ccc3c(c2)N(C[C@@H]2CC[C@H]2[C@@H](OC)/C=C/[C@H](OC(=O)c2cn(C)nc2OC)[C@H](C)C1)C[C@@]1(CCCc2cc(C)ccc21)CO3. The molecule has 2 aromatic heterocycles. The van der Waals surface area contributed by atoms with Crippen molar-refractivity contribution in [2.24, 2.45) is 36.2 Å². The number of ether oxygens (including phenoxy) is 5. The number of hydrogen-bond donors (Lipinski definition) is 1. The van der Waals surface area contributed by atoms with Crippen LogP contribution in [0, 0.1) is 24.7 Å². The van der Waals surface area contributed by atoms with Crippen LogP contribution in [0.3, 0.4) is 0 Å². The molecule has 62 heavy (non-hydrogen) atoms. The van der Waals surface area contributed by atoms with Gasteiger partial charge in [0.05, 0.1) is 38.4 Å². The molecule has 1 N–H and O–H groups in total. The summed E-state index contributed by atoms with van der Waals surface area (Å²) in [6.07, 6.45) is 10.1. The van der Waals surface area contributed by atoms with Gasteiger partial charge in [0.25, 0.3) is 11.8 Å². The summed E-state index contributed by atoms with van der Waals surface area (Å²) < 4.78 is 54.6. The normalized spacial score (nSPS) is 27.6. The number of amides is 2. The smallest absolute Gasteiger partial charge is 0.345 e. The second kappa shape index (κ2) is 17.2. The molecule has 2 bridgehead atoms. The number of hydrogen-bond acceptors (Lipinski definition) is 12. The molecule has 4 aromatic rings. The fourth-order valence-electron chi connectivity index (χ4n) is 9.56. The molecular weight excluding hydrogens is 815 g/mol. The third-order valence-corrected chi connectivity index (χ3v) is 14.8. The Balaban J connectivity index is 1.23. The van der Waals surface area contributed by atoms with Crippen LogP contribution in [0.4, 0.5) is 5.69 Å². The van der Waals surface area contributed by atoms with Crippen molar-refractivity contribution in [3.63, 3.8) is 0 Å². The number of nitrogens with zero attached hydrogens (tertiary/aromatic N) is 6. The molecule has 2 aliphatic heterocycles.